The van der Waals surface area contributed by atoms with Gasteiger partial charge in [0.25, 0.3) is 0 Å². The molecule has 0 aliphatic carbocycles. The minimum Gasteiger partial charge on any atom is -0.497 e. The highest BCUT2D eigenvalue weighted by molar-refractivity contribution is 5.77. The van der Waals surface area contributed by atoms with Gasteiger partial charge in [-0.25, -0.2) is 0 Å². The molecular weight excluding hydrogens is 252 g/mol. The van der Waals surface area contributed by atoms with Crippen LogP contribution < -0.4 is 10.1 Å². The van der Waals surface area contributed by atoms with Gasteiger partial charge in [-0.2, -0.15) is 0 Å². The van der Waals surface area contributed by atoms with E-state index in [0.29, 0.717) is 12.5 Å². The Hall–Kier alpha value is -1.55. The second-order valence-electron chi connectivity index (χ2n) is 5.58. The Morgan fingerprint density at radius 1 is 1.55 bits per heavy atom. The lowest BCUT2D eigenvalue weighted by Crippen LogP contribution is -2.51. The van der Waals surface area contributed by atoms with Crippen LogP contribution in [0.4, 0.5) is 0 Å². The lowest BCUT2D eigenvalue weighted by molar-refractivity contribution is -0.132. The van der Waals surface area contributed by atoms with Gasteiger partial charge in [0.15, 0.2) is 0 Å². The number of methoxy groups -OCH3 is 1. The lowest BCUT2D eigenvalue weighted by Gasteiger charge is -2.32. The van der Waals surface area contributed by atoms with E-state index in [2.05, 4.69) is 25.2 Å². The van der Waals surface area contributed by atoms with Gasteiger partial charge < -0.3 is 15.0 Å². The van der Waals surface area contributed by atoms with Crippen LogP contribution >= 0.6 is 0 Å². The number of ether oxygens (including phenoxy) is 1. The number of hydrogen-bond donors (Lipinski definition) is 1. The second kappa shape index (κ2) is 6.75. The molecule has 1 aliphatic rings. The molecule has 1 aromatic rings. The van der Waals surface area contributed by atoms with Crippen molar-refractivity contribution < 1.29 is 9.53 Å². The second-order valence-corrected chi connectivity index (χ2v) is 5.58. The van der Waals surface area contributed by atoms with E-state index < -0.39 is 0 Å². The van der Waals surface area contributed by atoms with Crippen LogP contribution in [0.3, 0.4) is 0 Å². The molecule has 1 N–H and O–H groups in total. The molecule has 4 nitrogen and oxygen atoms in total. The Labute approximate surface area is 121 Å². The summed E-state index contributed by atoms with van der Waals surface area (Å²) in [6.45, 7) is 6.72. The van der Waals surface area contributed by atoms with E-state index in [4.69, 9.17) is 4.74 Å². The molecule has 1 fully saturated rings. The number of rotatable bonds is 4. The first-order chi connectivity index (χ1) is 9.60. The van der Waals surface area contributed by atoms with Gasteiger partial charge >= 0.3 is 0 Å². The molecule has 2 rings (SSSR count). The monoisotopic (exact) mass is 276 g/mol. The average Bonchev–Trinajstić information content (AvgIpc) is 2.47. The Kier molecular flexibility index (Phi) is 5.01. The largest absolute Gasteiger partial charge is 0.497 e. The Balaban J connectivity index is 1.96. The quantitative estimate of drug-likeness (QED) is 0.914. The van der Waals surface area contributed by atoms with Crippen LogP contribution in [0.25, 0.3) is 0 Å². The van der Waals surface area contributed by atoms with E-state index >= 15 is 0 Å². The third-order valence-corrected chi connectivity index (χ3v) is 3.87. The van der Waals surface area contributed by atoms with Crippen molar-refractivity contribution in [1.82, 2.24) is 10.2 Å². The summed E-state index contributed by atoms with van der Waals surface area (Å²) in [7, 11) is 1.66. The van der Waals surface area contributed by atoms with Crippen LogP contribution in [0.2, 0.25) is 0 Å². The molecular formula is C16H24N2O2. The molecule has 1 saturated heterocycles. The summed E-state index contributed by atoms with van der Waals surface area (Å²) < 4.78 is 5.24. The van der Waals surface area contributed by atoms with E-state index in [1.54, 1.807) is 7.11 Å². The number of nitrogens with zero attached hydrogens (tertiary/aromatic N) is 1. The topological polar surface area (TPSA) is 41.6 Å². The normalized spacial score (nSPS) is 20.6. The van der Waals surface area contributed by atoms with Crippen molar-refractivity contribution in [1.29, 1.82) is 0 Å². The van der Waals surface area contributed by atoms with Gasteiger partial charge in [0.2, 0.25) is 5.91 Å². The highest BCUT2D eigenvalue weighted by atomic mass is 16.5. The molecule has 0 radical (unpaired) electrons. The van der Waals surface area contributed by atoms with Gasteiger partial charge in [-0.05, 0) is 30.5 Å². The molecule has 4 heteroatoms. The highest BCUT2D eigenvalue weighted by Gasteiger charge is 2.22. The minimum absolute atomic E-state index is 0.211. The van der Waals surface area contributed by atoms with Crippen molar-refractivity contribution in [3.63, 3.8) is 0 Å². The summed E-state index contributed by atoms with van der Waals surface area (Å²) in [4.78, 5) is 14.3. The zero-order chi connectivity index (χ0) is 14.5. The van der Waals surface area contributed by atoms with E-state index in [9.17, 15) is 4.79 Å². The fourth-order valence-electron chi connectivity index (χ4n) is 2.62. The molecule has 20 heavy (non-hydrogen) atoms. The van der Waals surface area contributed by atoms with Crippen LogP contribution in [0.5, 0.6) is 5.75 Å². The summed E-state index contributed by atoms with van der Waals surface area (Å²) in [6.07, 6.45) is 0.555. The van der Waals surface area contributed by atoms with Crippen molar-refractivity contribution in [2.75, 3.05) is 26.7 Å². The molecule has 1 amide bonds. The molecule has 1 heterocycles. The fourth-order valence-corrected chi connectivity index (χ4v) is 2.62. The van der Waals surface area contributed by atoms with E-state index in [1.807, 2.05) is 23.1 Å². The molecule has 2 atom stereocenters. The van der Waals surface area contributed by atoms with Gasteiger partial charge in [-0.15, -0.1) is 0 Å². The molecule has 1 aromatic carbocycles. The maximum atomic E-state index is 12.3. The number of carbonyl (C=O) groups excluding carboxylic acids is 1. The zero-order valence-corrected chi connectivity index (χ0v) is 12.6. The number of amides is 1. The van der Waals surface area contributed by atoms with Crippen molar-refractivity contribution in [3.8, 4) is 5.75 Å². The van der Waals surface area contributed by atoms with Crippen molar-refractivity contribution in [2.24, 2.45) is 0 Å². The van der Waals surface area contributed by atoms with E-state index in [0.717, 1.165) is 30.9 Å². The van der Waals surface area contributed by atoms with Crippen LogP contribution in [-0.4, -0.2) is 43.6 Å². The van der Waals surface area contributed by atoms with E-state index in [1.165, 1.54) is 0 Å². The Bertz CT molecular complexity index is 462. The van der Waals surface area contributed by atoms with Crippen LogP contribution in [0.1, 0.15) is 31.7 Å². The number of benzene rings is 1. The fraction of sp³-hybridized carbons (Fsp3) is 0.562. The number of nitrogens with one attached hydrogen (secondary N) is 1. The number of carbonyl (C=O) groups is 1. The Morgan fingerprint density at radius 2 is 2.35 bits per heavy atom. The first kappa shape index (κ1) is 14.9. The third-order valence-electron chi connectivity index (χ3n) is 3.87. The van der Waals surface area contributed by atoms with Gasteiger partial charge in [0.1, 0.15) is 5.75 Å². The van der Waals surface area contributed by atoms with Crippen LogP contribution in [0, 0.1) is 0 Å². The summed E-state index contributed by atoms with van der Waals surface area (Å²) in [5, 5.41) is 3.36. The molecule has 110 valence electrons. The van der Waals surface area contributed by atoms with Gasteiger partial charge in [0, 0.05) is 32.1 Å². The Morgan fingerprint density at radius 3 is 3.05 bits per heavy atom. The summed E-state index contributed by atoms with van der Waals surface area (Å²) in [6, 6.07) is 8.36. The van der Waals surface area contributed by atoms with Gasteiger partial charge in [-0.1, -0.05) is 19.1 Å². The maximum absolute atomic E-state index is 12.3. The number of piperazine rings is 1. The molecule has 0 bridgehead atoms. The number of hydrogen-bond acceptors (Lipinski definition) is 3. The average molecular weight is 276 g/mol. The summed E-state index contributed by atoms with van der Waals surface area (Å²) in [5.74, 6) is 1.30. The van der Waals surface area contributed by atoms with Crippen molar-refractivity contribution >= 4 is 5.91 Å². The first-order valence-electron chi connectivity index (χ1n) is 7.25. The van der Waals surface area contributed by atoms with Crippen molar-refractivity contribution in [2.45, 2.75) is 32.2 Å². The molecule has 0 spiro atoms. The SMILES string of the molecule is COc1cccc([C@H](C)CC(=O)N2CCN[C@H](C)C2)c1. The highest BCUT2D eigenvalue weighted by Crippen LogP contribution is 2.24. The molecule has 0 saturated carbocycles. The summed E-state index contributed by atoms with van der Waals surface area (Å²) >= 11 is 0. The van der Waals surface area contributed by atoms with E-state index in [-0.39, 0.29) is 11.8 Å². The lowest BCUT2D eigenvalue weighted by atomic mass is 9.96. The first-order valence-corrected chi connectivity index (χ1v) is 7.25. The van der Waals surface area contributed by atoms with Gasteiger partial charge in [0.05, 0.1) is 7.11 Å². The predicted octanol–water partition coefficient (Wildman–Crippen LogP) is 2.01. The molecule has 1 aliphatic heterocycles. The zero-order valence-electron chi connectivity index (χ0n) is 12.6. The third kappa shape index (κ3) is 3.73. The minimum atomic E-state index is 0.211. The molecule has 0 unspecified atom stereocenters. The molecule has 0 aromatic heterocycles. The van der Waals surface area contributed by atoms with Gasteiger partial charge in [-0.3, -0.25) is 4.79 Å². The van der Waals surface area contributed by atoms with Crippen LogP contribution in [0.15, 0.2) is 24.3 Å². The van der Waals surface area contributed by atoms with Crippen molar-refractivity contribution in [3.05, 3.63) is 29.8 Å². The van der Waals surface area contributed by atoms with Crippen LogP contribution in [-0.2, 0) is 4.79 Å². The predicted molar refractivity (Wildman–Crippen MR) is 80.1 cm³/mol. The maximum Gasteiger partial charge on any atom is 0.223 e. The summed E-state index contributed by atoms with van der Waals surface area (Å²) in [5.41, 5.74) is 1.15. The smallest absolute Gasteiger partial charge is 0.223 e. The standard InChI is InChI=1S/C16H24N2O2/c1-12(14-5-4-6-15(10-14)20-3)9-16(19)18-8-7-17-13(2)11-18/h4-6,10,12-13,17H,7-9,11H2,1-3H3/t12-,13-/m1/s1.